The zero-order valence-corrected chi connectivity index (χ0v) is 59.2. The van der Waals surface area contributed by atoms with Crippen LogP contribution in [0.3, 0.4) is 0 Å². The molecule has 0 aromatic heterocycles. The highest BCUT2D eigenvalue weighted by atomic mass is 31.2. The molecule has 0 spiro atoms. The van der Waals surface area contributed by atoms with E-state index in [1.807, 2.05) is 0 Å². The summed E-state index contributed by atoms with van der Waals surface area (Å²) in [5.41, 5.74) is 0. The topological polar surface area (TPSA) is 237 Å². The molecule has 0 saturated carbocycles. The number of aliphatic hydroxyl groups is 1. The van der Waals surface area contributed by atoms with E-state index in [9.17, 15) is 43.2 Å². The molecule has 19 heteroatoms. The number of aliphatic hydroxyl groups excluding tert-OH is 1. The first kappa shape index (κ1) is 86.5. The highest BCUT2D eigenvalue weighted by molar-refractivity contribution is 7.47. The van der Waals surface area contributed by atoms with Crippen molar-refractivity contribution >= 4 is 39.5 Å². The number of hydrogen-bond donors (Lipinski definition) is 3. The summed E-state index contributed by atoms with van der Waals surface area (Å²) < 4.78 is 68.2. The maximum atomic E-state index is 13.0. The van der Waals surface area contributed by atoms with Gasteiger partial charge in [0, 0.05) is 25.7 Å². The molecule has 0 aliphatic heterocycles. The van der Waals surface area contributed by atoms with Crippen LogP contribution in [0.4, 0.5) is 0 Å². The summed E-state index contributed by atoms with van der Waals surface area (Å²) in [5.74, 6) is 0.00488. The Labute approximate surface area is 542 Å². The maximum absolute atomic E-state index is 13.0. The van der Waals surface area contributed by atoms with Crippen molar-refractivity contribution in [1.82, 2.24) is 0 Å². The molecule has 2 unspecified atom stereocenters. The van der Waals surface area contributed by atoms with Crippen LogP contribution in [0.25, 0.3) is 0 Å². The van der Waals surface area contributed by atoms with Crippen LogP contribution >= 0.6 is 15.6 Å². The monoisotopic (exact) mass is 1310 g/mol. The highest BCUT2D eigenvalue weighted by Gasteiger charge is 2.30. The minimum Gasteiger partial charge on any atom is -0.462 e. The Balaban J connectivity index is 5.28. The number of unbranched alkanes of at least 4 members (excludes halogenated alkanes) is 31. The molecule has 0 saturated heterocycles. The molecule has 5 atom stereocenters. The molecule has 0 heterocycles. The van der Waals surface area contributed by atoms with Crippen molar-refractivity contribution in [2.45, 2.75) is 343 Å². The van der Waals surface area contributed by atoms with E-state index >= 15 is 0 Å². The fraction of sp³-hybridized carbons (Fsp3) is 0.886. The first-order chi connectivity index (χ1) is 42.7. The predicted octanol–water partition coefficient (Wildman–Crippen LogP) is 19.4. The number of hydrogen-bond acceptors (Lipinski definition) is 15. The summed E-state index contributed by atoms with van der Waals surface area (Å²) >= 11 is 0. The van der Waals surface area contributed by atoms with Gasteiger partial charge in [-0.25, -0.2) is 9.13 Å². The Morgan fingerprint density at radius 3 is 0.910 bits per heavy atom. The summed E-state index contributed by atoms with van der Waals surface area (Å²) in [6, 6.07) is 0. The number of carbonyl (C=O) groups is 4. The summed E-state index contributed by atoms with van der Waals surface area (Å²) in [6.45, 7) is 11.7. The Hall–Kier alpha value is -2.46. The normalized spacial score (nSPS) is 14.4. The Morgan fingerprint density at radius 1 is 0.348 bits per heavy atom. The summed E-state index contributed by atoms with van der Waals surface area (Å²) in [5, 5.41) is 10.6. The van der Waals surface area contributed by atoms with Gasteiger partial charge in [-0.1, -0.05) is 272 Å². The second-order valence-corrected chi connectivity index (χ2v) is 28.9. The van der Waals surface area contributed by atoms with Gasteiger partial charge in [0.15, 0.2) is 12.2 Å². The second kappa shape index (κ2) is 60.5. The van der Waals surface area contributed by atoms with Gasteiger partial charge in [0.1, 0.15) is 19.3 Å². The third kappa shape index (κ3) is 64.1. The number of allylic oxidation sites excluding steroid dienone is 4. The molecule has 0 aromatic carbocycles. The van der Waals surface area contributed by atoms with Crippen molar-refractivity contribution in [3.8, 4) is 0 Å². The lowest BCUT2D eigenvalue weighted by Gasteiger charge is -2.21. The summed E-state index contributed by atoms with van der Waals surface area (Å²) in [6.07, 6.45) is 46.8. The van der Waals surface area contributed by atoms with Gasteiger partial charge in [-0.3, -0.25) is 37.3 Å². The number of ether oxygens (including phenoxy) is 4. The van der Waals surface area contributed by atoms with E-state index in [1.165, 1.54) is 109 Å². The van der Waals surface area contributed by atoms with Crippen LogP contribution in [0.5, 0.6) is 0 Å². The second-order valence-electron chi connectivity index (χ2n) is 26.0. The van der Waals surface area contributed by atoms with E-state index in [0.29, 0.717) is 31.6 Å². The van der Waals surface area contributed by atoms with Gasteiger partial charge in [-0.2, -0.15) is 0 Å². The van der Waals surface area contributed by atoms with E-state index in [-0.39, 0.29) is 25.7 Å². The average Bonchev–Trinajstić information content (AvgIpc) is 3.67. The number of phosphoric ester groups is 2. The lowest BCUT2D eigenvalue weighted by atomic mass is 10.0. The van der Waals surface area contributed by atoms with Crippen LogP contribution < -0.4 is 0 Å². The lowest BCUT2D eigenvalue weighted by molar-refractivity contribution is -0.161. The van der Waals surface area contributed by atoms with Crippen LogP contribution in [0.1, 0.15) is 325 Å². The van der Waals surface area contributed by atoms with Crippen LogP contribution in [-0.4, -0.2) is 96.7 Å². The van der Waals surface area contributed by atoms with E-state index < -0.39 is 97.5 Å². The van der Waals surface area contributed by atoms with Gasteiger partial charge in [-0.05, 0) is 69.1 Å². The molecule has 524 valence electrons. The zero-order valence-electron chi connectivity index (χ0n) is 57.4. The number of rotatable bonds is 66. The van der Waals surface area contributed by atoms with E-state index in [0.717, 1.165) is 127 Å². The van der Waals surface area contributed by atoms with Crippen LogP contribution in [0.15, 0.2) is 24.3 Å². The predicted molar refractivity (Wildman–Crippen MR) is 358 cm³/mol. The molecule has 0 amide bonds. The van der Waals surface area contributed by atoms with Gasteiger partial charge < -0.3 is 33.8 Å². The molecule has 89 heavy (non-hydrogen) atoms. The number of carbonyl (C=O) groups excluding carboxylic acids is 4. The first-order valence-corrected chi connectivity index (χ1v) is 38.7. The van der Waals surface area contributed by atoms with Crippen molar-refractivity contribution in [3.63, 3.8) is 0 Å². The molecule has 3 N–H and O–H groups in total. The summed E-state index contributed by atoms with van der Waals surface area (Å²) in [7, 11) is -9.91. The molecule has 0 radical (unpaired) electrons. The van der Waals surface area contributed by atoms with Crippen LogP contribution in [-0.2, 0) is 65.4 Å². The molecular weight excluding hydrogens is 1170 g/mol. The number of phosphoric acid groups is 2. The molecule has 0 fully saturated rings. The first-order valence-electron chi connectivity index (χ1n) is 35.7. The molecule has 0 rings (SSSR count). The smallest absolute Gasteiger partial charge is 0.462 e. The van der Waals surface area contributed by atoms with Crippen molar-refractivity contribution in [2.24, 2.45) is 17.8 Å². The quantitative estimate of drug-likeness (QED) is 0.0169. The third-order valence-corrected chi connectivity index (χ3v) is 17.4. The highest BCUT2D eigenvalue weighted by Crippen LogP contribution is 2.45. The van der Waals surface area contributed by atoms with Crippen molar-refractivity contribution < 1.29 is 80.2 Å². The zero-order chi connectivity index (χ0) is 65.9. The Bertz CT molecular complexity index is 1840. The minimum absolute atomic E-state index is 0.0839. The molecule has 0 bridgehead atoms. The van der Waals surface area contributed by atoms with Gasteiger partial charge >= 0.3 is 39.5 Å². The fourth-order valence-corrected chi connectivity index (χ4v) is 11.6. The van der Waals surface area contributed by atoms with Crippen LogP contribution in [0.2, 0.25) is 0 Å². The van der Waals surface area contributed by atoms with E-state index in [4.69, 9.17) is 37.0 Å². The molecule has 0 aromatic rings. The third-order valence-electron chi connectivity index (χ3n) is 15.5. The molecular formula is C70H132O17P2. The standard InChI is InChI=1S/C70H132O17P2/c1-8-9-10-11-12-13-14-15-16-17-20-23-30-39-46-53-69(74)86-65(57-80-67(72)51-44-37-29-26-25-28-35-42-49-62(4)5)59-84-88(76,77)82-55-64(71)56-83-89(78,79)85-60-66(58-81-68(73)52-45-38-33-32-36-43-50-63(6)7)87-70(75)54-47-40-31-24-21-18-19-22-27-34-41-48-61(2)3/h13-16,61-66,71H,8-12,17-60H2,1-7H3,(H,76,77)(H,78,79)/b14-13-,16-15-/t64-,65-,66-/m1/s1. The van der Waals surface area contributed by atoms with E-state index in [2.05, 4.69) is 72.8 Å². The van der Waals surface area contributed by atoms with Gasteiger partial charge in [0.25, 0.3) is 0 Å². The minimum atomic E-state index is -4.96. The van der Waals surface area contributed by atoms with Crippen molar-refractivity contribution in [3.05, 3.63) is 24.3 Å². The number of esters is 4. The van der Waals surface area contributed by atoms with Crippen molar-refractivity contribution in [1.29, 1.82) is 0 Å². The SMILES string of the molecule is CCCCCC/C=C\C=C/CCCCCCCC(=O)O[C@H](COC(=O)CCCCCCCCCCC(C)C)COP(=O)(O)OC[C@@H](O)COP(=O)(O)OC[C@@H](COC(=O)CCCCCCCCC(C)C)OC(=O)CCCCCCCCCCCCCC(C)C. The van der Waals surface area contributed by atoms with E-state index in [1.54, 1.807) is 0 Å². The maximum Gasteiger partial charge on any atom is 0.472 e. The lowest BCUT2D eigenvalue weighted by Crippen LogP contribution is -2.30. The Kier molecular flexibility index (Phi) is 58.8. The molecule has 17 nitrogen and oxygen atoms in total. The molecule has 0 aliphatic carbocycles. The fourth-order valence-electron chi connectivity index (χ4n) is 10.0. The largest absolute Gasteiger partial charge is 0.472 e. The van der Waals surface area contributed by atoms with Crippen LogP contribution in [0, 0.1) is 17.8 Å². The summed E-state index contributed by atoms with van der Waals surface area (Å²) in [4.78, 5) is 72.5. The Morgan fingerprint density at radius 2 is 0.607 bits per heavy atom. The average molecular weight is 1310 g/mol. The van der Waals surface area contributed by atoms with Gasteiger partial charge in [0.2, 0.25) is 0 Å². The van der Waals surface area contributed by atoms with Crippen molar-refractivity contribution in [2.75, 3.05) is 39.6 Å². The van der Waals surface area contributed by atoms with Gasteiger partial charge in [0.05, 0.1) is 26.4 Å². The van der Waals surface area contributed by atoms with Gasteiger partial charge in [-0.15, -0.1) is 0 Å². The molecule has 0 aliphatic rings.